The van der Waals surface area contributed by atoms with E-state index in [4.69, 9.17) is 0 Å². The molecule has 0 aliphatic carbocycles. The number of anilines is 1. The summed E-state index contributed by atoms with van der Waals surface area (Å²) in [6.45, 7) is 6.60. The highest BCUT2D eigenvalue weighted by Crippen LogP contribution is 2.10. The predicted molar refractivity (Wildman–Crippen MR) is 83.0 cm³/mol. The van der Waals surface area contributed by atoms with Crippen LogP contribution in [0, 0.1) is 0 Å². The fraction of sp³-hybridized carbons (Fsp3) is 0.667. The standard InChI is InChI=1S/C15H25N5O/c1-12(2)20(10-13-6-3-4-7-16-13)11-14(21)19-15-17-8-5-9-18-15/h5,8-9,12-13,16H,3-4,6-7,10-11H2,1-2H3,(H,17,18,19,21). The molecule has 2 heterocycles. The second-order valence-corrected chi connectivity index (χ2v) is 5.79. The summed E-state index contributed by atoms with van der Waals surface area (Å²) in [7, 11) is 0. The van der Waals surface area contributed by atoms with Gasteiger partial charge in [0.1, 0.15) is 0 Å². The number of hydrogen-bond acceptors (Lipinski definition) is 5. The van der Waals surface area contributed by atoms with Crippen molar-refractivity contribution in [2.24, 2.45) is 0 Å². The quantitative estimate of drug-likeness (QED) is 0.826. The maximum Gasteiger partial charge on any atom is 0.240 e. The Balaban J connectivity index is 1.85. The first-order valence-corrected chi connectivity index (χ1v) is 7.69. The Morgan fingerprint density at radius 1 is 1.43 bits per heavy atom. The zero-order valence-electron chi connectivity index (χ0n) is 12.9. The summed E-state index contributed by atoms with van der Waals surface area (Å²) in [4.78, 5) is 22.3. The van der Waals surface area contributed by atoms with Gasteiger partial charge in [-0.2, -0.15) is 0 Å². The lowest BCUT2D eigenvalue weighted by Crippen LogP contribution is -2.48. The summed E-state index contributed by atoms with van der Waals surface area (Å²) in [5, 5.41) is 6.27. The number of piperidine rings is 1. The number of aromatic nitrogens is 2. The molecule has 0 bridgehead atoms. The third-order valence-electron chi connectivity index (χ3n) is 3.76. The fourth-order valence-corrected chi connectivity index (χ4v) is 2.53. The van der Waals surface area contributed by atoms with Crippen molar-refractivity contribution in [3.05, 3.63) is 18.5 Å². The molecule has 1 fully saturated rings. The zero-order valence-corrected chi connectivity index (χ0v) is 12.9. The van der Waals surface area contributed by atoms with E-state index in [1.54, 1.807) is 18.5 Å². The molecule has 1 aromatic heterocycles. The fourth-order valence-electron chi connectivity index (χ4n) is 2.53. The molecule has 1 aliphatic heterocycles. The first kappa shape index (κ1) is 15.9. The van der Waals surface area contributed by atoms with Crippen LogP contribution in [0.2, 0.25) is 0 Å². The van der Waals surface area contributed by atoms with Crippen molar-refractivity contribution in [2.75, 3.05) is 25.0 Å². The van der Waals surface area contributed by atoms with Gasteiger partial charge in [0.05, 0.1) is 6.54 Å². The third kappa shape index (κ3) is 5.40. The van der Waals surface area contributed by atoms with Gasteiger partial charge in [0.2, 0.25) is 11.9 Å². The van der Waals surface area contributed by atoms with Gasteiger partial charge in [0.25, 0.3) is 0 Å². The van der Waals surface area contributed by atoms with Gasteiger partial charge in [-0.3, -0.25) is 15.0 Å². The Labute approximate surface area is 126 Å². The minimum atomic E-state index is -0.0642. The Hall–Kier alpha value is -1.53. The van der Waals surface area contributed by atoms with Crippen LogP contribution in [0.5, 0.6) is 0 Å². The Kier molecular flexibility index (Phi) is 6.07. The molecule has 0 spiro atoms. The van der Waals surface area contributed by atoms with E-state index in [9.17, 15) is 4.79 Å². The van der Waals surface area contributed by atoms with Crippen LogP contribution in [0.15, 0.2) is 18.5 Å². The minimum Gasteiger partial charge on any atom is -0.313 e. The van der Waals surface area contributed by atoms with Crippen LogP contribution in [-0.2, 0) is 4.79 Å². The number of rotatable bonds is 6. The lowest BCUT2D eigenvalue weighted by atomic mass is 10.0. The maximum atomic E-state index is 12.1. The molecule has 116 valence electrons. The summed E-state index contributed by atoms with van der Waals surface area (Å²) in [5.74, 6) is 0.299. The van der Waals surface area contributed by atoms with E-state index in [0.717, 1.165) is 13.1 Å². The van der Waals surface area contributed by atoms with Gasteiger partial charge in [-0.15, -0.1) is 0 Å². The van der Waals surface area contributed by atoms with Crippen LogP contribution in [-0.4, -0.2) is 52.5 Å². The van der Waals surface area contributed by atoms with Gasteiger partial charge in [-0.25, -0.2) is 9.97 Å². The molecular formula is C15H25N5O. The molecule has 6 nitrogen and oxygen atoms in total. The molecule has 1 saturated heterocycles. The van der Waals surface area contributed by atoms with Crippen molar-refractivity contribution >= 4 is 11.9 Å². The smallest absolute Gasteiger partial charge is 0.240 e. The van der Waals surface area contributed by atoms with Crippen LogP contribution < -0.4 is 10.6 Å². The first-order chi connectivity index (χ1) is 10.1. The monoisotopic (exact) mass is 291 g/mol. The number of hydrogen-bond donors (Lipinski definition) is 2. The van der Waals surface area contributed by atoms with Crippen molar-refractivity contribution in [1.29, 1.82) is 0 Å². The van der Waals surface area contributed by atoms with Gasteiger partial charge in [0, 0.05) is 31.0 Å². The molecule has 21 heavy (non-hydrogen) atoms. The van der Waals surface area contributed by atoms with Crippen LogP contribution in [0.4, 0.5) is 5.95 Å². The van der Waals surface area contributed by atoms with Crippen molar-refractivity contribution in [3.63, 3.8) is 0 Å². The highest BCUT2D eigenvalue weighted by Gasteiger charge is 2.20. The molecule has 6 heteroatoms. The van der Waals surface area contributed by atoms with Crippen molar-refractivity contribution in [3.8, 4) is 0 Å². The minimum absolute atomic E-state index is 0.0642. The number of nitrogens with one attached hydrogen (secondary N) is 2. The lowest BCUT2D eigenvalue weighted by Gasteiger charge is -2.32. The molecule has 1 aromatic rings. The van der Waals surface area contributed by atoms with Crippen LogP contribution in [0.25, 0.3) is 0 Å². The second kappa shape index (κ2) is 8.05. The van der Waals surface area contributed by atoms with E-state index in [2.05, 4.69) is 39.3 Å². The second-order valence-electron chi connectivity index (χ2n) is 5.79. The predicted octanol–water partition coefficient (Wildman–Crippen LogP) is 1.27. The van der Waals surface area contributed by atoms with Crippen molar-refractivity contribution in [2.45, 2.75) is 45.2 Å². The van der Waals surface area contributed by atoms with Gasteiger partial charge in [-0.1, -0.05) is 6.42 Å². The maximum absolute atomic E-state index is 12.1. The van der Waals surface area contributed by atoms with E-state index in [-0.39, 0.29) is 5.91 Å². The largest absolute Gasteiger partial charge is 0.313 e. The zero-order chi connectivity index (χ0) is 15.1. The average Bonchev–Trinajstić information content (AvgIpc) is 2.48. The van der Waals surface area contributed by atoms with E-state index in [0.29, 0.717) is 24.6 Å². The molecule has 0 saturated carbocycles. The Morgan fingerprint density at radius 2 is 2.19 bits per heavy atom. The molecule has 2 rings (SSSR count). The summed E-state index contributed by atoms with van der Waals surface area (Å²) in [6, 6.07) is 2.54. The average molecular weight is 291 g/mol. The van der Waals surface area contributed by atoms with Gasteiger partial charge in [0.15, 0.2) is 0 Å². The molecule has 2 N–H and O–H groups in total. The summed E-state index contributed by atoms with van der Waals surface area (Å²) in [6.07, 6.45) is 6.95. The van der Waals surface area contributed by atoms with Gasteiger partial charge < -0.3 is 5.32 Å². The summed E-state index contributed by atoms with van der Waals surface area (Å²) >= 11 is 0. The number of carbonyl (C=O) groups is 1. The molecule has 0 aromatic carbocycles. The van der Waals surface area contributed by atoms with E-state index in [1.165, 1.54) is 19.3 Å². The number of carbonyl (C=O) groups excluding carboxylic acids is 1. The van der Waals surface area contributed by atoms with E-state index < -0.39 is 0 Å². The highest BCUT2D eigenvalue weighted by atomic mass is 16.2. The molecule has 0 radical (unpaired) electrons. The molecule has 1 unspecified atom stereocenters. The lowest BCUT2D eigenvalue weighted by molar-refractivity contribution is -0.117. The van der Waals surface area contributed by atoms with Crippen LogP contribution in [0.3, 0.4) is 0 Å². The SMILES string of the molecule is CC(C)N(CC(=O)Nc1ncccn1)CC1CCCCN1. The van der Waals surface area contributed by atoms with E-state index >= 15 is 0 Å². The summed E-state index contributed by atoms with van der Waals surface area (Å²) in [5.41, 5.74) is 0. The van der Waals surface area contributed by atoms with Crippen LogP contribution >= 0.6 is 0 Å². The Morgan fingerprint density at radius 3 is 2.81 bits per heavy atom. The van der Waals surface area contributed by atoms with Crippen LogP contribution in [0.1, 0.15) is 33.1 Å². The topological polar surface area (TPSA) is 70.2 Å². The van der Waals surface area contributed by atoms with Gasteiger partial charge >= 0.3 is 0 Å². The third-order valence-corrected chi connectivity index (χ3v) is 3.76. The molecule has 1 atom stereocenters. The highest BCUT2D eigenvalue weighted by molar-refractivity contribution is 5.90. The number of amides is 1. The summed E-state index contributed by atoms with van der Waals surface area (Å²) < 4.78 is 0. The van der Waals surface area contributed by atoms with E-state index in [1.807, 2.05) is 0 Å². The molecule has 1 aliphatic rings. The first-order valence-electron chi connectivity index (χ1n) is 7.69. The van der Waals surface area contributed by atoms with Crippen molar-refractivity contribution < 1.29 is 4.79 Å². The normalized spacial score (nSPS) is 19.0. The Bertz CT molecular complexity index is 431. The van der Waals surface area contributed by atoms with Gasteiger partial charge in [-0.05, 0) is 39.3 Å². The molecule has 1 amide bonds. The number of nitrogens with zero attached hydrogens (tertiary/aromatic N) is 3. The molecular weight excluding hydrogens is 266 g/mol. The van der Waals surface area contributed by atoms with Crippen molar-refractivity contribution in [1.82, 2.24) is 20.2 Å².